The fraction of sp³-hybridized carbons (Fsp3) is 0.625. The minimum absolute atomic E-state index is 0.0373. The van der Waals surface area contributed by atoms with Gasteiger partial charge in [0, 0.05) is 18.0 Å². The second kappa shape index (κ2) is 9.86. The highest BCUT2D eigenvalue weighted by atomic mass is 35.5. The number of nitrogens with one attached hydrogen (secondary N) is 1. The maximum atomic E-state index is 11.4. The predicted octanol–water partition coefficient (Wildman–Crippen LogP) is 6.71. The lowest BCUT2D eigenvalue weighted by molar-refractivity contribution is -0.137. The molecule has 174 valence electrons. The Morgan fingerprint density at radius 3 is 2.48 bits per heavy atom. The zero-order chi connectivity index (χ0) is 23.4. The van der Waals surface area contributed by atoms with Crippen LogP contribution in [0.1, 0.15) is 72.3 Å². The number of halogens is 1. The smallest absolute Gasteiger partial charge is 0.303 e. The first-order valence-electron chi connectivity index (χ1n) is 11.2. The highest BCUT2D eigenvalue weighted by molar-refractivity contribution is 6.74. The molecule has 0 bridgehead atoms. The van der Waals surface area contributed by atoms with Crippen LogP contribution < -0.4 is 5.32 Å². The topological polar surface area (TPSA) is 61.8 Å². The van der Waals surface area contributed by atoms with Crippen LogP contribution in [0.5, 0.6) is 0 Å². The van der Waals surface area contributed by atoms with Gasteiger partial charge in [0.05, 0.1) is 12.1 Å². The third-order valence-corrected chi connectivity index (χ3v) is 11.3. The molecule has 0 radical (unpaired) electrons. The van der Waals surface area contributed by atoms with Crippen molar-refractivity contribution in [3.05, 3.63) is 46.4 Å². The number of carboxylic acid groups (broad SMARTS) is 1. The van der Waals surface area contributed by atoms with E-state index in [4.69, 9.17) is 16.0 Å². The Morgan fingerprint density at radius 1 is 1.29 bits per heavy atom. The third-order valence-electron chi connectivity index (χ3n) is 6.61. The zero-order valence-electron chi connectivity index (χ0n) is 20.1. The minimum Gasteiger partial charge on any atom is -0.531 e. The highest BCUT2D eigenvalue weighted by Gasteiger charge is 2.46. The van der Waals surface area contributed by atoms with Crippen LogP contribution in [-0.4, -0.2) is 30.0 Å². The van der Waals surface area contributed by atoms with Crippen molar-refractivity contribution in [3.63, 3.8) is 0 Å². The Labute approximate surface area is 193 Å². The molecule has 0 saturated heterocycles. The van der Waals surface area contributed by atoms with E-state index in [1.54, 1.807) is 0 Å². The SMILES string of the molecule is CCCCC1(C)NC(O[Si](C)(C)C(C)(C)C)=C(CCC(=O)O)N1Cc1ccccc1Cl. The van der Waals surface area contributed by atoms with E-state index in [-0.39, 0.29) is 17.1 Å². The van der Waals surface area contributed by atoms with E-state index in [2.05, 4.69) is 57.9 Å². The summed E-state index contributed by atoms with van der Waals surface area (Å²) in [5, 5.41) is 13.8. The van der Waals surface area contributed by atoms with E-state index >= 15 is 0 Å². The Kier molecular flexibility index (Phi) is 8.14. The number of nitrogens with zero attached hydrogens (tertiary/aromatic N) is 1. The molecular weight excluding hydrogens is 428 g/mol. The molecule has 0 aliphatic carbocycles. The maximum Gasteiger partial charge on any atom is 0.303 e. The van der Waals surface area contributed by atoms with Crippen molar-refractivity contribution in [2.45, 2.75) is 97.1 Å². The average molecular weight is 467 g/mol. The fourth-order valence-electron chi connectivity index (χ4n) is 3.56. The Balaban J connectivity index is 2.51. The van der Waals surface area contributed by atoms with E-state index in [1.807, 2.05) is 24.3 Å². The molecule has 1 aromatic carbocycles. The molecule has 7 heteroatoms. The van der Waals surface area contributed by atoms with Gasteiger partial charge in [-0.2, -0.15) is 0 Å². The van der Waals surface area contributed by atoms with Crippen LogP contribution in [0.3, 0.4) is 0 Å². The molecule has 1 heterocycles. The van der Waals surface area contributed by atoms with Crippen LogP contribution in [0.15, 0.2) is 35.8 Å². The third kappa shape index (κ3) is 6.19. The summed E-state index contributed by atoms with van der Waals surface area (Å²) in [4.78, 5) is 13.7. The molecule has 1 aromatic rings. The summed E-state index contributed by atoms with van der Waals surface area (Å²) in [5.74, 6) is -0.0578. The first kappa shape index (κ1) is 25.6. The van der Waals surface area contributed by atoms with Crippen LogP contribution in [-0.2, 0) is 15.8 Å². The van der Waals surface area contributed by atoms with Gasteiger partial charge in [0.1, 0.15) is 5.66 Å². The number of rotatable bonds is 10. The second-order valence-corrected chi connectivity index (χ2v) is 15.3. The van der Waals surface area contributed by atoms with Gasteiger partial charge in [-0.1, -0.05) is 63.9 Å². The van der Waals surface area contributed by atoms with Crippen molar-refractivity contribution in [3.8, 4) is 0 Å². The summed E-state index contributed by atoms with van der Waals surface area (Å²) >= 11 is 6.50. The summed E-state index contributed by atoms with van der Waals surface area (Å²) in [5.41, 5.74) is 1.60. The standard InChI is InChI=1S/C24H39ClN2O3Si/c1-8-9-16-24(5)26-22(30-31(6,7)23(2,3)4)20(14-15-21(28)29)27(24)17-18-12-10-11-13-19(18)25/h10-13,26H,8-9,14-17H2,1-7H3,(H,28,29). The molecule has 0 amide bonds. The molecule has 0 saturated carbocycles. The van der Waals surface area contributed by atoms with Crippen molar-refractivity contribution >= 4 is 25.9 Å². The van der Waals surface area contributed by atoms with Crippen LogP contribution in [0.2, 0.25) is 23.2 Å². The number of benzene rings is 1. The number of hydrogen-bond donors (Lipinski definition) is 2. The molecular formula is C24H39ClN2O3Si. The Bertz CT molecular complexity index is 819. The first-order valence-corrected chi connectivity index (χ1v) is 14.5. The molecule has 2 rings (SSSR count). The Hall–Kier alpha value is -1.66. The second-order valence-electron chi connectivity index (χ2n) is 10.2. The molecule has 0 fully saturated rings. The molecule has 1 atom stereocenters. The number of unbranched alkanes of at least 4 members (excludes halogenated alkanes) is 1. The molecule has 5 nitrogen and oxygen atoms in total. The summed E-state index contributed by atoms with van der Waals surface area (Å²) < 4.78 is 6.72. The predicted molar refractivity (Wildman–Crippen MR) is 130 cm³/mol. The monoisotopic (exact) mass is 466 g/mol. The lowest BCUT2D eigenvalue weighted by Crippen LogP contribution is -2.50. The highest BCUT2D eigenvalue weighted by Crippen LogP contribution is 2.42. The van der Waals surface area contributed by atoms with Crippen molar-refractivity contribution < 1.29 is 14.3 Å². The van der Waals surface area contributed by atoms with Gasteiger partial charge in [-0.3, -0.25) is 4.79 Å². The molecule has 2 N–H and O–H groups in total. The normalized spacial score (nSPS) is 19.5. The molecule has 1 aliphatic heterocycles. The van der Waals surface area contributed by atoms with Crippen molar-refractivity contribution in [1.29, 1.82) is 0 Å². The van der Waals surface area contributed by atoms with Gasteiger partial charge in [-0.05, 0) is 49.5 Å². The number of carboxylic acids is 1. The van der Waals surface area contributed by atoms with Gasteiger partial charge in [0.25, 0.3) is 8.32 Å². The van der Waals surface area contributed by atoms with Crippen LogP contribution >= 0.6 is 11.6 Å². The average Bonchev–Trinajstić information content (AvgIpc) is 2.90. The first-order chi connectivity index (χ1) is 14.3. The fourth-order valence-corrected chi connectivity index (χ4v) is 4.74. The lowest BCUT2D eigenvalue weighted by Gasteiger charge is -2.39. The quantitative estimate of drug-likeness (QED) is 0.375. The number of carbonyl (C=O) groups is 1. The number of hydrogen-bond acceptors (Lipinski definition) is 4. The van der Waals surface area contributed by atoms with Crippen LogP contribution in [0, 0.1) is 0 Å². The van der Waals surface area contributed by atoms with Gasteiger partial charge >= 0.3 is 5.97 Å². The largest absolute Gasteiger partial charge is 0.531 e. The Morgan fingerprint density at radius 2 is 1.94 bits per heavy atom. The summed E-state index contributed by atoms with van der Waals surface area (Å²) in [6.45, 7) is 16.0. The van der Waals surface area contributed by atoms with Crippen molar-refractivity contribution in [2.24, 2.45) is 0 Å². The van der Waals surface area contributed by atoms with Crippen molar-refractivity contribution in [1.82, 2.24) is 10.2 Å². The van der Waals surface area contributed by atoms with Gasteiger partial charge < -0.3 is 19.7 Å². The molecule has 1 unspecified atom stereocenters. The van der Waals surface area contributed by atoms with Gasteiger partial charge in [-0.25, -0.2) is 0 Å². The summed E-state index contributed by atoms with van der Waals surface area (Å²) in [7, 11) is -2.11. The van der Waals surface area contributed by atoms with E-state index < -0.39 is 14.3 Å². The minimum atomic E-state index is -2.11. The zero-order valence-corrected chi connectivity index (χ0v) is 21.9. The molecule has 1 aliphatic rings. The molecule has 0 aromatic heterocycles. The van der Waals surface area contributed by atoms with Gasteiger partial charge in [0.15, 0.2) is 5.88 Å². The van der Waals surface area contributed by atoms with Crippen molar-refractivity contribution in [2.75, 3.05) is 0 Å². The summed E-state index contributed by atoms with van der Waals surface area (Å²) in [6.07, 6.45) is 3.54. The van der Waals surface area contributed by atoms with E-state index in [0.717, 1.165) is 41.4 Å². The maximum absolute atomic E-state index is 11.4. The van der Waals surface area contributed by atoms with E-state index in [1.165, 1.54) is 0 Å². The summed E-state index contributed by atoms with van der Waals surface area (Å²) in [6, 6.07) is 7.85. The van der Waals surface area contributed by atoms with Crippen LogP contribution in [0.25, 0.3) is 0 Å². The number of aliphatic carboxylic acids is 1. The van der Waals surface area contributed by atoms with E-state index in [0.29, 0.717) is 13.0 Å². The van der Waals surface area contributed by atoms with Crippen LogP contribution in [0.4, 0.5) is 0 Å². The van der Waals surface area contributed by atoms with E-state index in [9.17, 15) is 9.90 Å². The molecule has 0 spiro atoms. The van der Waals surface area contributed by atoms with Gasteiger partial charge in [-0.15, -0.1) is 0 Å². The number of allylic oxidation sites excluding steroid dienone is 1. The van der Waals surface area contributed by atoms with Gasteiger partial charge in [0.2, 0.25) is 0 Å². The molecule has 31 heavy (non-hydrogen) atoms. The lowest BCUT2D eigenvalue weighted by atomic mass is 10.0.